The molecule has 0 spiro atoms. The van der Waals surface area contributed by atoms with Crippen molar-refractivity contribution in [2.24, 2.45) is 5.10 Å². The van der Waals surface area contributed by atoms with Gasteiger partial charge >= 0.3 is 0 Å². The molecule has 0 unspecified atom stereocenters. The molecule has 6 nitrogen and oxygen atoms in total. The molecule has 0 atom stereocenters. The van der Waals surface area contributed by atoms with Crippen LogP contribution in [-0.4, -0.2) is 29.3 Å². The Morgan fingerprint density at radius 2 is 2.17 bits per heavy atom. The number of amides is 1. The largest absolute Gasteiger partial charge is 0.504 e. The summed E-state index contributed by atoms with van der Waals surface area (Å²) in [6.07, 6.45) is 3.23. The number of phenols is 1. The molecule has 0 aliphatic heterocycles. The SMILES string of the molecule is COc1ccc(/C=N/NC(=O)c2cccc3cc[nH]c23)cc1O. The number of nitrogens with one attached hydrogen (secondary N) is 2. The zero-order valence-electron chi connectivity index (χ0n) is 12.4. The molecule has 0 radical (unpaired) electrons. The molecule has 0 saturated carbocycles. The van der Waals surface area contributed by atoms with E-state index in [-0.39, 0.29) is 11.7 Å². The summed E-state index contributed by atoms with van der Waals surface area (Å²) in [6, 6.07) is 12.2. The minimum Gasteiger partial charge on any atom is -0.504 e. The second-order valence-corrected chi connectivity index (χ2v) is 4.88. The number of methoxy groups -OCH3 is 1. The van der Waals surface area contributed by atoms with Crippen LogP contribution in [0.2, 0.25) is 0 Å². The summed E-state index contributed by atoms with van der Waals surface area (Å²) in [5.41, 5.74) is 4.40. The molecule has 0 bridgehead atoms. The van der Waals surface area contributed by atoms with Gasteiger partial charge in [0.05, 0.1) is 24.4 Å². The maximum atomic E-state index is 12.2. The normalized spacial score (nSPS) is 11.0. The molecule has 3 rings (SSSR count). The molecule has 1 heterocycles. The van der Waals surface area contributed by atoms with E-state index in [1.165, 1.54) is 19.4 Å². The Morgan fingerprint density at radius 1 is 1.30 bits per heavy atom. The lowest BCUT2D eigenvalue weighted by atomic mass is 10.1. The van der Waals surface area contributed by atoms with Gasteiger partial charge in [0.1, 0.15) is 0 Å². The first-order valence-electron chi connectivity index (χ1n) is 6.95. The number of benzene rings is 2. The van der Waals surface area contributed by atoms with Crippen molar-refractivity contribution in [3.63, 3.8) is 0 Å². The molecule has 0 aliphatic carbocycles. The number of carbonyl (C=O) groups is 1. The topological polar surface area (TPSA) is 86.7 Å². The predicted octanol–water partition coefficient (Wildman–Crippen LogP) is 2.65. The molecule has 2 aromatic carbocycles. The third-order valence-corrected chi connectivity index (χ3v) is 3.41. The van der Waals surface area contributed by atoms with Crippen molar-refractivity contribution in [2.45, 2.75) is 0 Å². The van der Waals surface area contributed by atoms with E-state index in [1.54, 1.807) is 24.4 Å². The summed E-state index contributed by atoms with van der Waals surface area (Å²) in [5, 5.41) is 14.6. The fourth-order valence-electron chi connectivity index (χ4n) is 2.29. The van der Waals surface area contributed by atoms with E-state index in [4.69, 9.17) is 4.74 Å². The summed E-state index contributed by atoms with van der Waals surface area (Å²) >= 11 is 0. The second-order valence-electron chi connectivity index (χ2n) is 4.88. The van der Waals surface area contributed by atoms with Crippen LogP contribution in [0.25, 0.3) is 10.9 Å². The van der Waals surface area contributed by atoms with Gasteiger partial charge in [-0.3, -0.25) is 4.79 Å². The molecule has 116 valence electrons. The van der Waals surface area contributed by atoms with E-state index in [0.29, 0.717) is 16.9 Å². The fourth-order valence-corrected chi connectivity index (χ4v) is 2.29. The minimum atomic E-state index is -0.313. The number of hydrogen-bond acceptors (Lipinski definition) is 4. The van der Waals surface area contributed by atoms with Crippen molar-refractivity contribution in [3.05, 3.63) is 59.8 Å². The van der Waals surface area contributed by atoms with Crippen molar-refractivity contribution >= 4 is 23.0 Å². The van der Waals surface area contributed by atoms with Crippen LogP contribution in [-0.2, 0) is 0 Å². The van der Waals surface area contributed by atoms with Gasteiger partial charge in [-0.2, -0.15) is 5.10 Å². The van der Waals surface area contributed by atoms with E-state index >= 15 is 0 Å². The number of hydrazone groups is 1. The van der Waals surface area contributed by atoms with Gasteiger partial charge in [-0.05, 0) is 35.9 Å². The van der Waals surface area contributed by atoms with E-state index in [0.717, 1.165) is 10.9 Å². The van der Waals surface area contributed by atoms with Crippen molar-refractivity contribution in [2.75, 3.05) is 7.11 Å². The number of phenolic OH excluding ortho intramolecular Hbond substituents is 1. The number of nitrogens with zero attached hydrogens (tertiary/aromatic N) is 1. The van der Waals surface area contributed by atoms with Crippen molar-refractivity contribution in [1.29, 1.82) is 0 Å². The van der Waals surface area contributed by atoms with Crippen molar-refractivity contribution in [3.8, 4) is 11.5 Å². The number of aromatic nitrogens is 1. The Balaban J connectivity index is 1.74. The maximum Gasteiger partial charge on any atom is 0.273 e. The average molecular weight is 309 g/mol. The summed E-state index contributed by atoms with van der Waals surface area (Å²) < 4.78 is 4.97. The van der Waals surface area contributed by atoms with Crippen LogP contribution < -0.4 is 10.2 Å². The van der Waals surface area contributed by atoms with E-state index in [2.05, 4.69) is 15.5 Å². The van der Waals surface area contributed by atoms with Crippen LogP contribution in [0.1, 0.15) is 15.9 Å². The number of rotatable bonds is 4. The summed E-state index contributed by atoms with van der Waals surface area (Å²) in [7, 11) is 1.48. The van der Waals surface area contributed by atoms with Crippen LogP contribution in [0.3, 0.4) is 0 Å². The number of H-pyrrole nitrogens is 1. The average Bonchev–Trinajstić information content (AvgIpc) is 3.03. The number of hydrogen-bond donors (Lipinski definition) is 3. The number of fused-ring (bicyclic) bond motifs is 1. The van der Waals surface area contributed by atoms with Gasteiger partial charge < -0.3 is 14.8 Å². The zero-order valence-corrected chi connectivity index (χ0v) is 12.4. The highest BCUT2D eigenvalue weighted by atomic mass is 16.5. The third kappa shape index (κ3) is 3.01. The molecule has 23 heavy (non-hydrogen) atoms. The quantitative estimate of drug-likeness (QED) is 0.511. The number of carbonyl (C=O) groups excluding carboxylic acids is 1. The Hall–Kier alpha value is -3.28. The van der Waals surface area contributed by atoms with E-state index < -0.39 is 0 Å². The minimum absolute atomic E-state index is 0.0129. The summed E-state index contributed by atoms with van der Waals surface area (Å²) in [5.74, 6) is 0.0792. The van der Waals surface area contributed by atoms with Crippen molar-refractivity contribution < 1.29 is 14.6 Å². The van der Waals surface area contributed by atoms with Crippen LogP contribution >= 0.6 is 0 Å². The lowest BCUT2D eigenvalue weighted by Gasteiger charge is -2.04. The van der Waals surface area contributed by atoms with Gasteiger partial charge in [0, 0.05) is 11.6 Å². The van der Waals surface area contributed by atoms with Crippen LogP contribution in [0.5, 0.6) is 11.5 Å². The van der Waals surface area contributed by atoms with Crippen LogP contribution in [0.15, 0.2) is 53.8 Å². The third-order valence-electron chi connectivity index (χ3n) is 3.41. The van der Waals surface area contributed by atoms with Gasteiger partial charge in [0.2, 0.25) is 0 Å². The first-order valence-corrected chi connectivity index (χ1v) is 6.95. The second kappa shape index (κ2) is 6.23. The molecule has 3 N–H and O–H groups in total. The standard InChI is InChI=1S/C17H15N3O3/c1-23-15-6-5-11(9-14(15)21)10-19-20-17(22)13-4-2-3-12-7-8-18-16(12)13/h2-10,18,21H,1H3,(H,20,22)/b19-10+. The van der Waals surface area contributed by atoms with Gasteiger partial charge in [-0.15, -0.1) is 0 Å². The van der Waals surface area contributed by atoms with Gasteiger partial charge in [0.25, 0.3) is 5.91 Å². The number of ether oxygens (including phenoxy) is 1. The molecular formula is C17H15N3O3. The lowest BCUT2D eigenvalue weighted by Crippen LogP contribution is -2.17. The summed E-state index contributed by atoms with van der Waals surface area (Å²) in [4.78, 5) is 15.2. The number of aromatic amines is 1. The number of aromatic hydroxyl groups is 1. The molecule has 3 aromatic rings. The molecule has 1 aromatic heterocycles. The molecular weight excluding hydrogens is 294 g/mol. The first kappa shape index (κ1) is 14.6. The highest BCUT2D eigenvalue weighted by Gasteiger charge is 2.09. The van der Waals surface area contributed by atoms with Gasteiger partial charge in [-0.1, -0.05) is 12.1 Å². The van der Waals surface area contributed by atoms with E-state index in [1.807, 2.05) is 18.2 Å². The fraction of sp³-hybridized carbons (Fsp3) is 0.0588. The predicted molar refractivity (Wildman–Crippen MR) is 88.0 cm³/mol. The Bertz CT molecular complexity index is 884. The maximum absolute atomic E-state index is 12.2. The van der Waals surface area contributed by atoms with Crippen molar-refractivity contribution in [1.82, 2.24) is 10.4 Å². The molecule has 0 fully saturated rings. The monoisotopic (exact) mass is 309 g/mol. The van der Waals surface area contributed by atoms with E-state index in [9.17, 15) is 9.90 Å². The Kier molecular flexibility index (Phi) is 3.97. The van der Waals surface area contributed by atoms with Crippen LogP contribution in [0, 0.1) is 0 Å². The highest BCUT2D eigenvalue weighted by molar-refractivity contribution is 6.05. The number of para-hydroxylation sites is 1. The molecule has 1 amide bonds. The van der Waals surface area contributed by atoms with Crippen LogP contribution in [0.4, 0.5) is 0 Å². The Morgan fingerprint density at radius 3 is 2.96 bits per heavy atom. The molecule has 6 heteroatoms. The summed E-state index contributed by atoms with van der Waals surface area (Å²) in [6.45, 7) is 0. The first-order chi connectivity index (χ1) is 11.2. The Labute approximate surface area is 132 Å². The zero-order chi connectivity index (χ0) is 16.2. The van der Waals surface area contributed by atoms with Gasteiger partial charge in [0.15, 0.2) is 11.5 Å². The lowest BCUT2D eigenvalue weighted by molar-refractivity contribution is 0.0956. The smallest absolute Gasteiger partial charge is 0.273 e. The highest BCUT2D eigenvalue weighted by Crippen LogP contribution is 2.25. The molecule has 0 aliphatic rings. The molecule has 0 saturated heterocycles. The van der Waals surface area contributed by atoms with Gasteiger partial charge in [-0.25, -0.2) is 5.43 Å².